The average molecular weight is 284 g/mol. The Morgan fingerprint density at radius 2 is 1.76 bits per heavy atom. The standard InChI is InChI=1S/C12H10O.C6H10O2/c13-12-9-5-4-8-11(12)10-6-2-1-3-7-10;1-3-5-8-6(7)4-2/h1-9,13H;4H,2-3,5H2,1H3. The van der Waals surface area contributed by atoms with Crippen molar-refractivity contribution in [2.45, 2.75) is 13.3 Å². The van der Waals surface area contributed by atoms with Gasteiger partial charge < -0.3 is 9.84 Å². The Kier molecular flexibility index (Phi) is 7.36. The van der Waals surface area contributed by atoms with Crippen molar-refractivity contribution in [3.8, 4) is 16.9 Å². The van der Waals surface area contributed by atoms with Crippen molar-refractivity contribution in [1.82, 2.24) is 0 Å². The topological polar surface area (TPSA) is 46.5 Å². The molecule has 110 valence electrons. The molecule has 0 spiro atoms. The van der Waals surface area contributed by atoms with Gasteiger partial charge in [-0.05, 0) is 18.1 Å². The fourth-order valence-electron chi connectivity index (χ4n) is 1.60. The molecule has 3 heteroatoms. The van der Waals surface area contributed by atoms with Gasteiger partial charge in [-0.3, -0.25) is 0 Å². The Balaban J connectivity index is 0.000000240. The van der Waals surface area contributed by atoms with Crippen LogP contribution in [0.2, 0.25) is 0 Å². The molecule has 2 rings (SSSR count). The molecule has 0 radical (unpaired) electrons. The van der Waals surface area contributed by atoms with E-state index in [1.807, 2.05) is 55.5 Å². The quantitative estimate of drug-likeness (QED) is 0.676. The van der Waals surface area contributed by atoms with E-state index in [4.69, 9.17) is 0 Å². The molecule has 0 aliphatic heterocycles. The van der Waals surface area contributed by atoms with Crippen LogP contribution in [0, 0.1) is 0 Å². The van der Waals surface area contributed by atoms with Gasteiger partial charge in [-0.15, -0.1) is 0 Å². The van der Waals surface area contributed by atoms with Crippen LogP contribution < -0.4 is 0 Å². The number of aromatic hydroxyl groups is 1. The summed E-state index contributed by atoms with van der Waals surface area (Å²) in [6, 6.07) is 17.2. The van der Waals surface area contributed by atoms with E-state index < -0.39 is 0 Å². The molecule has 0 aliphatic carbocycles. The van der Waals surface area contributed by atoms with Crippen LogP contribution >= 0.6 is 0 Å². The van der Waals surface area contributed by atoms with E-state index in [1.54, 1.807) is 6.07 Å². The second-order valence-electron chi connectivity index (χ2n) is 4.25. The fraction of sp³-hybridized carbons (Fsp3) is 0.167. The van der Waals surface area contributed by atoms with Crippen LogP contribution in [0.15, 0.2) is 67.3 Å². The summed E-state index contributed by atoms with van der Waals surface area (Å²) < 4.78 is 4.58. The van der Waals surface area contributed by atoms with Gasteiger partial charge in [0.2, 0.25) is 0 Å². The molecule has 0 amide bonds. The van der Waals surface area contributed by atoms with E-state index >= 15 is 0 Å². The highest BCUT2D eigenvalue weighted by molar-refractivity contribution is 5.81. The summed E-state index contributed by atoms with van der Waals surface area (Å²) in [7, 11) is 0. The van der Waals surface area contributed by atoms with Crippen molar-refractivity contribution < 1.29 is 14.6 Å². The lowest BCUT2D eigenvalue weighted by Gasteiger charge is -2.02. The number of rotatable bonds is 4. The van der Waals surface area contributed by atoms with Gasteiger partial charge >= 0.3 is 5.97 Å². The lowest BCUT2D eigenvalue weighted by atomic mass is 10.1. The van der Waals surface area contributed by atoms with Crippen LogP contribution in [0.3, 0.4) is 0 Å². The minimum absolute atomic E-state index is 0.328. The first-order valence-corrected chi connectivity index (χ1v) is 6.81. The van der Waals surface area contributed by atoms with Crippen LogP contribution in [0.25, 0.3) is 11.1 Å². The van der Waals surface area contributed by atoms with Crippen molar-refractivity contribution in [3.63, 3.8) is 0 Å². The normalized spacial score (nSPS) is 9.19. The largest absolute Gasteiger partial charge is 0.507 e. The number of phenols is 1. The molecule has 1 N–H and O–H groups in total. The van der Waals surface area contributed by atoms with Gasteiger partial charge in [0.25, 0.3) is 0 Å². The lowest BCUT2D eigenvalue weighted by Crippen LogP contribution is -1.99. The molecule has 3 nitrogen and oxygen atoms in total. The number of carbonyl (C=O) groups excluding carboxylic acids is 1. The molecule has 0 aliphatic rings. The zero-order valence-electron chi connectivity index (χ0n) is 12.2. The van der Waals surface area contributed by atoms with Gasteiger partial charge in [-0.25, -0.2) is 4.79 Å². The number of benzene rings is 2. The van der Waals surface area contributed by atoms with Crippen molar-refractivity contribution in [2.24, 2.45) is 0 Å². The number of carbonyl (C=O) groups is 1. The summed E-state index contributed by atoms with van der Waals surface area (Å²) in [5.41, 5.74) is 1.92. The monoisotopic (exact) mass is 284 g/mol. The molecule has 0 heterocycles. The smallest absolute Gasteiger partial charge is 0.330 e. The maximum atomic E-state index is 10.2. The summed E-state index contributed by atoms with van der Waals surface area (Å²) in [5, 5.41) is 9.56. The van der Waals surface area contributed by atoms with Crippen LogP contribution in [0.1, 0.15) is 13.3 Å². The van der Waals surface area contributed by atoms with E-state index in [-0.39, 0.29) is 5.97 Å². The van der Waals surface area contributed by atoms with Crippen LogP contribution in [-0.2, 0) is 9.53 Å². The van der Waals surface area contributed by atoms with Crippen molar-refractivity contribution in [2.75, 3.05) is 6.61 Å². The highest BCUT2D eigenvalue weighted by Gasteiger charge is 2.00. The van der Waals surface area contributed by atoms with Crippen LogP contribution in [0.4, 0.5) is 0 Å². The van der Waals surface area contributed by atoms with E-state index in [2.05, 4.69) is 11.3 Å². The average Bonchev–Trinajstić information content (AvgIpc) is 2.54. The van der Waals surface area contributed by atoms with Gasteiger partial charge in [0.15, 0.2) is 0 Å². The summed E-state index contributed by atoms with van der Waals surface area (Å²) >= 11 is 0. The minimum Gasteiger partial charge on any atom is -0.507 e. The van der Waals surface area contributed by atoms with E-state index in [9.17, 15) is 9.90 Å². The zero-order chi connectivity index (χ0) is 15.5. The Hall–Kier alpha value is -2.55. The van der Waals surface area contributed by atoms with Gasteiger partial charge in [0, 0.05) is 11.6 Å². The molecule has 0 fully saturated rings. The first-order chi connectivity index (χ1) is 10.2. The summed E-state index contributed by atoms with van der Waals surface area (Å²) in [5.74, 6) is -0.0134. The first kappa shape index (κ1) is 16.5. The van der Waals surface area contributed by atoms with E-state index in [0.717, 1.165) is 23.6 Å². The Morgan fingerprint density at radius 3 is 2.33 bits per heavy atom. The molecule has 0 bridgehead atoms. The van der Waals surface area contributed by atoms with E-state index in [1.165, 1.54) is 0 Å². The maximum absolute atomic E-state index is 10.2. The number of para-hydroxylation sites is 1. The molecule has 0 saturated carbocycles. The molecule has 0 aromatic heterocycles. The first-order valence-electron chi connectivity index (χ1n) is 6.81. The van der Waals surface area contributed by atoms with Crippen molar-refractivity contribution >= 4 is 5.97 Å². The highest BCUT2D eigenvalue weighted by atomic mass is 16.5. The second-order valence-corrected chi connectivity index (χ2v) is 4.25. The van der Waals surface area contributed by atoms with Crippen LogP contribution in [-0.4, -0.2) is 17.7 Å². The van der Waals surface area contributed by atoms with E-state index in [0.29, 0.717) is 12.4 Å². The van der Waals surface area contributed by atoms with Crippen molar-refractivity contribution in [1.29, 1.82) is 0 Å². The van der Waals surface area contributed by atoms with Gasteiger partial charge in [-0.2, -0.15) is 0 Å². The molecule has 0 unspecified atom stereocenters. The third-order valence-electron chi connectivity index (χ3n) is 2.60. The molecular formula is C18H20O3. The maximum Gasteiger partial charge on any atom is 0.330 e. The third kappa shape index (κ3) is 5.95. The summed E-state index contributed by atoms with van der Waals surface area (Å²) in [6.45, 7) is 5.67. The predicted octanol–water partition coefficient (Wildman–Crippen LogP) is 4.18. The van der Waals surface area contributed by atoms with Gasteiger partial charge in [0.05, 0.1) is 6.61 Å². The molecule has 2 aromatic carbocycles. The molecule has 21 heavy (non-hydrogen) atoms. The van der Waals surface area contributed by atoms with Crippen LogP contribution in [0.5, 0.6) is 5.75 Å². The summed E-state index contributed by atoms with van der Waals surface area (Å²) in [6.07, 6.45) is 2.02. The fourth-order valence-corrected chi connectivity index (χ4v) is 1.60. The number of hydrogen-bond donors (Lipinski definition) is 1. The molecule has 2 aromatic rings. The third-order valence-corrected chi connectivity index (χ3v) is 2.60. The van der Waals surface area contributed by atoms with Crippen molar-refractivity contribution in [3.05, 3.63) is 67.3 Å². The Morgan fingerprint density at radius 1 is 1.14 bits per heavy atom. The Bertz CT molecular complexity index is 562. The Labute approximate surface area is 125 Å². The minimum atomic E-state index is -0.341. The SMILES string of the molecule is C=CC(=O)OCCC.Oc1ccccc1-c1ccccc1. The number of ether oxygens (including phenoxy) is 1. The number of esters is 1. The van der Waals surface area contributed by atoms with Gasteiger partial charge in [-0.1, -0.05) is 62.0 Å². The highest BCUT2D eigenvalue weighted by Crippen LogP contribution is 2.27. The zero-order valence-corrected chi connectivity index (χ0v) is 12.2. The second kappa shape index (κ2) is 9.37. The summed E-state index contributed by atoms with van der Waals surface area (Å²) in [4.78, 5) is 10.2. The molecular weight excluding hydrogens is 264 g/mol. The van der Waals surface area contributed by atoms with Gasteiger partial charge in [0.1, 0.15) is 5.75 Å². The lowest BCUT2D eigenvalue weighted by molar-refractivity contribution is -0.137. The number of hydrogen-bond acceptors (Lipinski definition) is 3. The number of phenolic OH excluding ortho intramolecular Hbond substituents is 1. The predicted molar refractivity (Wildman–Crippen MR) is 85.0 cm³/mol. The molecule has 0 atom stereocenters. The molecule has 0 saturated heterocycles.